The Morgan fingerprint density at radius 1 is 1.24 bits per heavy atom. The van der Waals surface area contributed by atoms with Gasteiger partial charge in [-0.2, -0.15) is 0 Å². The number of carbonyl (C=O) groups is 2. The molecular formula is C16H23NO3S. The molecule has 4 nitrogen and oxygen atoms in total. The number of nitrogens with one attached hydrogen (secondary N) is 1. The van der Waals surface area contributed by atoms with Crippen LogP contribution in [0.5, 0.6) is 0 Å². The summed E-state index contributed by atoms with van der Waals surface area (Å²) in [6, 6.07) is 4.08. The van der Waals surface area contributed by atoms with Crippen LogP contribution in [0.3, 0.4) is 0 Å². The maximum Gasteiger partial charge on any atom is 0.315 e. The topological polar surface area (TPSA) is 55.4 Å². The second-order valence-electron chi connectivity index (χ2n) is 5.02. The van der Waals surface area contributed by atoms with Crippen LogP contribution >= 0.6 is 11.8 Å². The number of anilines is 1. The molecule has 116 valence electrons. The first-order chi connectivity index (χ1) is 9.85. The van der Waals surface area contributed by atoms with Crippen molar-refractivity contribution in [2.45, 2.75) is 39.9 Å². The number of thioether (sulfide) groups is 1. The number of esters is 1. The molecule has 0 aromatic heterocycles. The van der Waals surface area contributed by atoms with Gasteiger partial charge < -0.3 is 10.1 Å². The van der Waals surface area contributed by atoms with Gasteiger partial charge in [-0.15, -0.1) is 11.8 Å². The van der Waals surface area contributed by atoms with Crippen molar-refractivity contribution in [2.24, 2.45) is 0 Å². The first-order valence-corrected chi connectivity index (χ1v) is 8.06. The van der Waals surface area contributed by atoms with Crippen LogP contribution in [0.2, 0.25) is 0 Å². The molecule has 5 heteroatoms. The summed E-state index contributed by atoms with van der Waals surface area (Å²) in [6.07, 6.45) is 0. The van der Waals surface area contributed by atoms with Gasteiger partial charge in [0.1, 0.15) is 0 Å². The van der Waals surface area contributed by atoms with Crippen molar-refractivity contribution in [3.05, 3.63) is 28.8 Å². The SMILES string of the molecule is CCOC(=O)CS[C@H](C)C(=O)Nc1c(C)cc(C)cc1C. The molecular weight excluding hydrogens is 286 g/mol. The van der Waals surface area contributed by atoms with Crippen LogP contribution in [0.1, 0.15) is 30.5 Å². The van der Waals surface area contributed by atoms with Crippen molar-refractivity contribution in [3.8, 4) is 0 Å². The average molecular weight is 309 g/mol. The second kappa shape index (κ2) is 8.08. The summed E-state index contributed by atoms with van der Waals surface area (Å²) in [6.45, 7) is 9.91. The van der Waals surface area contributed by atoms with Crippen LogP contribution in [-0.4, -0.2) is 29.5 Å². The van der Waals surface area contributed by atoms with Gasteiger partial charge in [-0.1, -0.05) is 17.7 Å². The highest BCUT2D eigenvalue weighted by Gasteiger charge is 2.17. The normalized spacial score (nSPS) is 11.9. The summed E-state index contributed by atoms with van der Waals surface area (Å²) in [4.78, 5) is 23.5. The van der Waals surface area contributed by atoms with E-state index in [0.29, 0.717) is 6.61 Å². The van der Waals surface area contributed by atoms with E-state index in [9.17, 15) is 9.59 Å². The number of hydrogen-bond acceptors (Lipinski definition) is 4. The van der Waals surface area contributed by atoms with Gasteiger partial charge in [0.05, 0.1) is 17.6 Å². The standard InChI is InChI=1S/C16H23NO3S/c1-6-20-14(18)9-21-13(5)16(19)17-15-11(3)7-10(2)8-12(15)4/h7-8,13H,6,9H2,1-5H3,(H,17,19)/t13-/m1/s1. The fourth-order valence-electron chi connectivity index (χ4n) is 2.07. The average Bonchev–Trinajstić information content (AvgIpc) is 2.40. The lowest BCUT2D eigenvalue weighted by molar-refractivity contribution is -0.139. The van der Waals surface area contributed by atoms with Gasteiger partial charge >= 0.3 is 5.97 Å². The van der Waals surface area contributed by atoms with E-state index >= 15 is 0 Å². The molecule has 0 fully saturated rings. The lowest BCUT2D eigenvalue weighted by atomic mass is 10.1. The van der Waals surface area contributed by atoms with Crippen LogP contribution in [0, 0.1) is 20.8 Å². The number of carbonyl (C=O) groups excluding carboxylic acids is 2. The van der Waals surface area contributed by atoms with Crippen LogP contribution in [0.4, 0.5) is 5.69 Å². The first-order valence-electron chi connectivity index (χ1n) is 7.01. The van der Waals surface area contributed by atoms with E-state index in [1.165, 1.54) is 17.3 Å². The van der Waals surface area contributed by atoms with E-state index in [1.807, 2.05) is 32.9 Å². The van der Waals surface area contributed by atoms with Crippen LogP contribution in [-0.2, 0) is 14.3 Å². The van der Waals surface area contributed by atoms with E-state index in [0.717, 1.165) is 16.8 Å². The van der Waals surface area contributed by atoms with Gasteiger partial charge in [-0.3, -0.25) is 9.59 Å². The molecule has 0 saturated heterocycles. The molecule has 0 aliphatic carbocycles. The number of benzene rings is 1. The summed E-state index contributed by atoms with van der Waals surface area (Å²) in [5, 5.41) is 2.64. The molecule has 0 unspecified atom stereocenters. The molecule has 1 aromatic rings. The zero-order valence-electron chi connectivity index (χ0n) is 13.3. The predicted octanol–water partition coefficient (Wildman–Crippen LogP) is 3.24. The van der Waals surface area contributed by atoms with Crippen molar-refractivity contribution in [1.29, 1.82) is 0 Å². The Kier molecular flexibility index (Phi) is 6.75. The second-order valence-corrected chi connectivity index (χ2v) is 6.35. The van der Waals surface area contributed by atoms with Crippen molar-refractivity contribution in [2.75, 3.05) is 17.7 Å². The number of ether oxygens (including phenoxy) is 1. The molecule has 0 radical (unpaired) electrons. The molecule has 0 saturated carbocycles. The molecule has 1 rings (SSSR count). The van der Waals surface area contributed by atoms with Crippen molar-refractivity contribution in [1.82, 2.24) is 0 Å². The Bertz CT molecular complexity index is 505. The van der Waals surface area contributed by atoms with Gasteiger partial charge in [0.15, 0.2) is 0 Å². The van der Waals surface area contributed by atoms with E-state index in [1.54, 1.807) is 13.8 Å². The third-order valence-corrected chi connectivity index (χ3v) is 4.17. The Balaban J connectivity index is 2.63. The van der Waals surface area contributed by atoms with Crippen LogP contribution in [0.25, 0.3) is 0 Å². The van der Waals surface area contributed by atoms with E-state index in [-0.39, 0.29) is 22.9 Å². The number of amides is 1. The molecule has 1 amide bonds. The quantitative estimate of drug-likeness (QED) is 0.820. The smallest absolute Gasteiger partial charge is 0.315 e. The molecule has 1 atom stereocenters. The van der Waals surface area contributed by atoms with Gasteiger partial charge in [0.25, 0.3) is 0 Å². The molecule has 0 aliphatic rings. The van der Waals surface area contributed by atoms with E-state index in [4.69, 9.17) is 4.74 Å². The number of rotatable bonds is 6. The van der Waals surface area contributed by atoms with Crippen molar-refractivity contribution < 1.29 is 14.3 Å². The molecule has 0 bridgehead atoms. The molecule has 0 aliphatic heterocycles. The van der Waals surface area contributed by atoms with Crippen LogP contribution < -0.4 is 5.32 Å². The molecule has 1 N–H and O–H groups in total. The Labute approximate surface area is 130 Å². The van der Waals surface area contributed by atoms with Crippen molar-refractivity contribution in [3.63, 3.8) is 0 Å². The zero-order valence-corrected chi connectivity index (χ0v) is 14.1. The summed E-state index contributed by atoms with van der Waals surface area (Å²) in [7, 11) is 0. The largest absolute Gasteiger partial charge is 0.465 e. The summed E-state index contributed by atoms with van der Waals surface area (Å²) >= 11 is 1.28. The highest BCUT2D eigenvalue weighted by atomic mass is 32.2. The van der Waals surface area contributed by atoms with Gasteiger partial charge in [-0.05, 0) is 45.7 Å². The fraction of sp³-hybridized carbons (Fsp3) is 0.500. The van der Waals surface area contributed by atoms with Crippen molar-refractivity contribution >= 4 is 29.3 Å². The molecule has 0 heterocycles. The van der Waals surface area contributed by atoms with Gasteiger partial charge in [0.2, 0.25) is 5.91 Å². The Hall–Kier alpha value is -1.49. The number of aryl methyl sites for hydroxylation is 3. The highest BCUT2D eigenvalue weighted by molar-refractivity contribution is 8.01. The fourth-order valence-corrected chi connectivity index (χ4v) is 2.75. The maximum atomic E-state index is 12.2. The summed E-state index contributed by atoms with van der Waals surface area (Å²) < 4.78 is 4.85. The lowest BCUT2D eigenvalue weighted by Gasteiger charge is -2.16. The minimum Gasteiger partial charge on any atom is -0.465 e. The van der Waals surface area contributed by atoms with Crippen LogP contribution in [0.15, 0.2) is 12.1 Å². The predicted molar refractivity (Wildman–Crippen MR) is 87.8 cm³/mol. The minimum atomic E-state index is -0.311. The highest BCUT2D eigenvalue weighted by Crippen LogP contribution is 2.23. The number of hydrogen-bond donors (Lipinski definition) is 1. The summed E-state index contributed by atoms with van der Waals surface area (Å²) in [5.41, 5.74) is 4.12. The van der Waals surface area contributed by atoms with E-state index in [2.05, 4.69) is 5.32 Å². The first kappa shape index (κ1) is 17.6. The Morgan fingerprint density at radius 3 is 2.33 bits per heavy atom. The van der Waals surface area contributed by atoms with E-state index < -0.39 is 0 Å². The van der Waals surface area contributed by atoms with Gasteiger partial charge in [-0.25, -0.2) is 0 Å². The lowest BCUT2D eigenvalue weighted by Crippen LogP contribution is -2.25. The summed E-state index contributed by atoms with van der Waals surface area (Å²) in [5.74, 6) is -0.196. The molecule has 21 heavy (non-hydrogen) atoms. The maximum absolute atomic E-state index is 12.2. The zero-order chi connectivity index (χ0) is 16.0. The third kappa shape index (κ3) is 5.42. The Morgan fingerprint density at radius 2 is 1.81 bits per heavy atom. The minimum absolute atomic E-state index is 0.0978. The van der Waals surface area contributed by atoms with Gasteiger partial charge in [0, 0.05) is 5.69 Å². The third-order valence-electron chi connectivity index (χ3n) is 3.05. The monoisotopic (exact) mass is 309 g/mol. The molecule has 1 aromatic carbocycles. The molecule has 0 spiro atoms.